The van der Waals surface area contributed by atoms with Crippen LogP contribution in [0.5, 0.6) is 5.75 Å². The fraction of sp³-hybridized carbons (Fsp3) is 0.533. The Kier molecular flexibility index (Phi) is 3.43. The molecule has 1 N–H and O–H groups in total. The zero-order chi connectivity index (χ0) is 15.1. The first-order chi connectivity index (χ1) is 9.94. The van der Waals surface area contributed by atoms with Crippen molar-refractivity contribution in [1.29, 1.82) is 0 Å². The van der Waals surface area contributed by atoms with E-state index in [-0.39, 0.29) is 11.9 Å². The summed E-state index contributed by atoms with van der Waals surface area (Å²) in [6, 6.07) is 7.23. The largest absolute Gasteiger partial charge is 0.491 e. The predicted octanol–water partition coefficient (Wildman–Crippen LogP) is 1.59. The number of hydrogen-bond donors (Lipinski definition) is 1. The van der Waals surface area contributed by atoms with Gasteiger partial charge < -0.3 is 10.1 Å². The highest BCUT2D eigenvalue weighted by atomic mass is 32.2. The van der Waals surface area contributed by atoms with E-state index in [0.717, 1.165) is 30.4 Å². The highest BCUT2D eigenvalue weighted by Crippen LogP contribution is 2.38. The van der Waals surface area contributed by atoms with Gasteiger partial charge in [-0.15, -0.1) is 0 Å². The molecule has 1 atom stereocenters. The molecule has 1 amide bonds. The van der Waals surface area contributed by atoms with Crippen molar-refractivity contribution >= 4 is 15.7 Å². The first-order valence-electron chi connectivity index (χ1n) is 7.16. The van der Waals surface area contributed by atoms with Gasteiger partial charge in [-0.1, -0.05) is 31.0 Å². The van der Waals surface area contributed by atoms with E-state index in [1.54, 1.807) is 0 Å². The Morgan fingerprint density at radius 1 is 1.29 bits per heavy atom. The number of carbonyl (C=O) groups excluding carboxylic acids is 1. The van der Waals surface area contributed by atoms with E-state index < -0.39 is 14.6 Å². The van der Waals surface area contributed by atoms with Crippen LogP contribution in [0, 0.1) is 0 Å². The molecule has 6 heteroatoms. The predicted molar refractivity (Wildman–Crippen MR) is 78.9 cm³/mol. The molecule has 0 unspecified atom stereocenters. The molecule has 1 aromatic carbocycles. The SMILES string of the molecule is CS(=O)(=O)C1(C(=O)N[C@@H]2COc3ccccc32)CCCC1. The molecule has 3 rings (SSSR count). The molecule has 0 bridgehead atoms. The monoisotopic (exact) mass is 309 g/mol. The summed E-state index contributed by atoms with van der Waals surface area (Å²) in [4.78, 5) is 12.6. The van der Waals surface area contributed by atoms with E-state index >= 15 is 0 Å². The second kappa shape index (κ2) is 5.02. The molecule has 0 aromatic heterocycles. The van der Waals surface area contributed by atoms with Crippen LogP contribution in [0.4, 0.5) is 0 Å². The Bertz CT molecular complexity index is 662. The number of ether oxygens (including phenoxy) is 1. The molecule has 5 nitrogen and oxygen atoms in total. The normalized spacial score (nSPS) is 23.4. The second-order valence-electron chi connectivity index (χ2n) is 5.85. The lowest BCUT2D eigenvalue weighted by atomic mass is 10.0. The van der Waals surface area contributed by atoms with Gasteiger partial charge in [0.25, 0.3) is 0 Å². The minimum atomic E-state index is -3.44. The highest BCUT2D eigenvalue weighted by molar-refractivity contribution is 7.92. The number of benzene rings is 1. The molecule has 0 saturated heterocycles. The average molecular weight is 309 g/mol. The Hall–Kier alpha value is -1.56. The van der Waals surface area contributed by atoms with Crippen molar-refractivity contribution < 1.29 is 17.9 Å². The van der Waals surface area contributed by atoms with Crippen molar-refractivity contribution in [1.82, 2.24) is 5.32 Å². The molecule has 114 valence electrons. The molecular formula is C15H19NO4S. The smallest absolute Gasteiger partial charge is 0.242 e. The zero-order valence-electron chi connectivity index (χ0n) is 12.0. The third-order valence-electron chi connectivity index (χ3n) is 4.54. The Labute approximate surface area is 124 Å². The molecule has 1 saturated carbocycles. The van der Waals surface area contributed by atoms with Crippen molar-refractivity contribution in [2.45, 2.75) is 36.5 Å². The van der Waals surface area contributed by atoms with Crippen molar-refractivity contribution in [3.8, 4) is 5.75 Å². The highest BCUT2D eigenvalue weighted by Gasteiger charge is 2.50. The first kappa shape index (κ1) is 14.4. The molecule has 1 aliphatic carbocycles. The van der Waals surface area contributed by atoms with Gasteiger partial charge in [0.15, 0.2) is 9.84 Å². The van der Waals surface area contributed by atoms with Crippen molar-refractivity contribution in [2.24, 2.45) is 0 Å². The standard InChI is InChI=1S/C15H19NO4S/c1-21(18,19)15(8-4-5-9-15)14(17)16-12-10-20-13-7-3-2-6-11(12)13/h2-3,6-7,12H,4-5,8-10H2,1H3,(H,16,17)/t12-/m1/s1. The fourth-order valence-corrected chi connectivity index (χ4v) is 4.71. The molecular weight excluding hydrogens is 290 g/mol. The van der Waals surface area contributed by atoms with Crippen LogP contribution in [0.25, 0.3) is 0 Å². The summed E-state index contributed by atoms with van der Waals surface area (Å²) in [5.74, 6) is 0.371. The summed E-state index contributed by atoms with van der Waals surface area (Å²) in [6.45, 7) is 0.352. The average Bonchev–Trinajstić information content (AvgIpc) is 3.06. The number of nitrogens with one attached hydrogen (secondary N) is 1. The van der Waals surface area contributed by atoms with E-state index in [4.69, 9.17) is 4.74 Å². The van der Waals surface area contributed by atoms with E-state index in [2.05, 4.69) is 5.32 Å². The van der Waals surface area contributed by atoms with Crippen LogP contribution in [0.15, 0.2) is 24.3 Å². The minimum Gasteiger partial charge on any atom is -0.491 e. The van der Waals surface area contributed by atoms with Crippen LogP contribution in [-0.4, -0.2) is 31.9 Å². The molecule has 1 aliphatic heterocycles. The van der Waals surface area contributed by atoms with Gasteiger partial charge in [0.1, 0.15) is 17.1 Å². The molecule has 0 radical (unpaired) electrons. The summed E-state index contributed by atoms with van der Waals surface area (Å²) < 4.78 is 28.5. The number of rotatable bonds is 3. The number of hydrogen-bond acceptors (Lipinski definition) is 4. The maximum Gasteiger partial charge on any atom is 0.242 e. The molecule has 0 spiro atoms. The maximum absolute atomic E-state index is 12.6. The van der Waals surface area contributed by atoms with Gasteiger partial charge >= 0.3 is 0 Å². The number of sulfone groups is 1. The van der Waals surface area contributed by atoms with Gasteiger partial charge in [0, 0.05) is 11.8 Å². The Morgan fingerprint density at radius 3 is 2.62 bits per heavy atom. The van der Waals surface area contributed by atoms with Crippen LogP contribution in [0.2, 0.25) is 0 Å². The van der Waals surface area contributed by atoms with Crippen molar-refractivity contribution in [2.75, 3.05) is 12.9 Å². The lowest BCUT2D eigenvalue weighted by molar-refractivity contribution is -0.124. The number of carbonyl (C=O) groups is 1. The van der Waals surface area contributed by atoms with Crippen molar-refractivity contribution in [3.63, 3.8) is 0 Å². The van der Waals surface area contributed by atoms with Gasteiger partial charge in [-0.05, 0) is 18.9 Å². The van der Waals surface area contributed by atoms with Crippen LogP contribution < -0.4 is 10.1 Å². The van der Waals surface area contributed by atoms with Crippen molar-refractivity contribution in [3.05, 3.63) is 29.8 Å². The molecule has 2 aliphatic rings. The van der Waals surface area contributed by atoms with Gasteiger partial charge in [-0.2, -0.15) is 0 Å². The summed E-state index contributed by atoms with van der Waals surface area (Å²) in [7, 11) is -3.44. The number of para-hydroxylation sites is 1. The van der Waals surface area contributed by atoms with Crippen LogP contribution in [0.1, 0.15) is 37.3 Å². The first-order valence-corrected chi connectivity index (χ1v) is 9.05. The Morgan fingerprint density at radius 2 is 1.95 bits per heavy atom. The summed E-state index contributed by atoms with van der Waals surface area (Å²) in [5, 5.41) is 2.88. The zero-order valence-corrected chi connectivity index (χ0v) is 12.8. The van der Waals surface area contributed by atoms with E-state index in [1.807, 2.05) is 24.3 Å². The lowest BCUT2D eigenvalue weighted by Gasteiger charge is -2.27. The van der Waals surface area contributed by atoms with E-state index in [0.29, 0.717) is 19.4 Å². The second-order valence-corrected chi connectivity index (χ2v) is 8.17. The molecule has 1 aromatic rings. The van der Waals surface area contributed by atoms with Gasteiger partial charge in [-0.3, -0.25) is 4.79 Å². The topological polar surface area (TPSA) is 72.5 Å². The Balaban J connectivity index is 1.84. The van der Waals surface area contributed by atoms with E-state index in [1.165, 1.54) is 0 Å². The van der Waals surface area contributed by atoms with E-state index in [9.17, 15) is 13.2 Å². The van der Waals surface area contributed by atoms with Gasteiger partial charge in [-0.25, -0.2) is 8.42 Å². The summed E-state index contributed by atoms with van der Waals surface area (Å²) in [6.07, 6.45) is 3.53. The summed E-state index contributed by atoms with van der Waals surface area (Å²) in [5.41, 5.74) is 0.910. The third kappa shape index (κ3) is 2.31. The fourth-order valence-electron chi connectivity index (χ4n) is 3.28. The lowest BCUT2D eigenvalue weighted by Crippen LogP contribution is -2.51. The minimum absolute atomic E-state index is 0.270. The number of fused-ring (bicyclic) bond motifs is 1. The molecule has 21 heavy (non-hydrogen) atoms. The maximum atomic E-state index is 12.6. The van der Waals surface area contributed by atoms with Gasteiger partial charge in [0.05, 0.1) is 6.04 Å². The molecule has 1 fully saturated rings. The number of amides is 1. The quantitative estimate of drug-likeness (QED) is 0.920. The van der Waals surface area contributed by atoms with Crippen LogP contribution in [-0.2, 0) is 14.6 Å². The van der Waals surface area contributed by atoms with Crippen LogP contribution in [0.3, 0.4) is 0 Å². The van der Waals surface area contributed by atoms with Gasteiger partial charge in [0.2, 0.25) is 5.91 Å². The summed E-state index contributed by atoms with van der Waals surface area (Å²) >= 11 is 0. The third-order valence-corrected chi connectivity index (χ3v) is 6.55. The van der Waals surface area contributed by atoms with Crippen LogP contribution >= 0.6 is 0 Å². The molecule has 1 heterocycles.